The smallest absolute Gasteiger partial charge is 0.155 e. The molecule has 0 radical (unpaired) electrons. The quantitative estimate of drug-likeness (QED) is 0.656. The second-order valence-corrected chi connectivity index (χ2v) is 3.16. The summed E-state index contributed by atoms with van der Waals surface area (Å²) in [4.78, 5) is 4.16. The molecule has 2 aromatic rings. The Morgan fingerprint density at radius 2 is 2.08 bits per heavy atom. The highest BCUT2D eigenvalue weighted by molar-refractivity contribution is 6.31. The van der Waals surface area contributed by atoms with E-state index in [-0.39, 0.29) is 0 Å². The van der Waals surface area contributed by atoms with E-state index < -0.39 is 0 Å². The molecule has 2 aromatic heterocycles. The summed E-state index contributed by atoms with van der Waals surface area (Å²) in [5.74, 6) is 0. The van der Waals surface area contributed by atoms with Crippen molar-refractivity contribution in [3.63, 3.8) is 0 Å². The lowest BCUT2D eigenvalue weighted by atomic mass is 10.6. The van der Waals surface area contributed by atoms with E-state index in [9.17, 15) is 0 Å². The summed E-state index contributed by atoms with van der Waals surface area (Å²) < 4.78 is 1.51. The zero-order valence-electron chi connectivity index (χ0n) is 6.25. The second-order valence-electron chi connectivity index (χ2n) is 2.41. The molecule has 0 saturated carbocycles. The average molecular weight is 202 g/mol. The predicted molar refractivity (Wildman–Crippen MR) is 47.7 cm³/mol. The Labute approximate surface area is 78.9 Å². The lowest BCUT2D eigenvalue weighted by Crippen LogP contribution is -1.90. The topological polar surface area (TPSA) is 30.2 Å². The van der Waals surface area contributed by atoms with Gasteiger partial charge in [0.15, 0.2) is 10.8 Å². The van der Waals surface area contributed by atoms with Gasteiger partial charge in [-0.2, -0.15) is 5.10 Å². The summed E-state index contributed by atoms with van der Waals surface area (Å²) in [5, 5.41) is 4.90. The molecule has 5 heteroatoms. The van der Waals surface area contributed by atoms with Crippen molar-refractivity contribution in [2.75, 3.05) is 0 Å². The van der Waals surface area contributed by atoms with Crippen molar-refractivity contribution in [1.82, 2.24) is 14.6 Å². The molecular formula is C7H5Cl2N3. The molecule has 62 valence electrons. The maximum absolute atomic E-state index is 5.89. The monoisotopic (exact) mass is 201 g/mol. The number of fused-ring (bicyclic) bond motifs is 1. The second kappa shape index (κ2) is 2.61. The van der Waals surface area contributed by atoms with Crippen molar-refractivity contribution in [1.29, 1.82) is 0 Å². The number of aromatic nitrogens is 3. The van der Waals surface area contributed by atoms with Crippen LogP contribution in [0.1, 0.15) is 5.69 Å². The van der Waals surface area contributed by atoms with Crippen molar-refractivity contribution >= 4 is 28.8 Å². The van der Waals surface area contributed by atoms with Gasteiger partial charge in [0, 0.05) is 0 Å². The predicted octanol–water partition coefficient (Wildman–Crippen LogP) is 2.34. The van der Waals surface area contributed by atoms with E-state index in [4.69, 9.17) is 23.2 Å². The van der Waals surface area contributed by atoms with E-state index >= 15 is 0 Å². The molecular weight excluding hydrogens is 197 g/mol. The molecule has 0 unspecified atom stereocenters. The van der Waals surface area contributed by atoms with Crippen LogP contribution >= 0.6 is 23.2 Å². The molecule has 2 rings (SSSR count). The van der Waals surface area contributed by atoms with Gasteiger partial charge in [-0.15, -0.1) is 0 Å². The summed E-state index contributed by atoms with van der Waals surface area (Å²) in [5.41, 5.74) is 1.47. The first kappa shape index (κ1) is 7.83. The third kappa shape index (κ3) is 1.06. The molecule has 0 amide bonds. The van der Waals surface area contributed by atoms with Crippen LogP contribution in [0.15, 0.2) is 12.1 Å². The third-order valence-corrected chi connectivity index (χ3v) is 2.18. The molecule has 0 aliphatic rings. The van der Waals surface area contributed by atoms with Gasteiger partial charge in [-0.25, -0.2) is 9.50 Å². The van der Waals surface area contributed by atoms with Crippen LogP contribution in [0.25, 0.3) is 5.65 Å². The highest BCUT2D eigenvalue weighted by Gasteiger charge is 2.06. The van der Waals surface area contributed by atoms with E-state index in [1.54, 1.807) is 12.1 Å². The van der Waals surface area contributed by atoms with Crippen LogP contribution in [0, 0.1) is 6.92 Å². The first-order valence-electron chi connectivity index (χ1n) is 3.36. The zero-order chi connectivity index (χ0) is 8.72. The van der Waals surface area contributed by atoms with Gasteiger partial charge in [0.25, 0.3) is 0 Å². The molecule has 12 heavy (non-hydrogen) atoms. The van der Waals surface area contributed by atoms with Crippen LogP contribution in [0.4, 0.5) is 0 Å². The van der Waals surface area contributed by atoms with Crippen LogP contribution in [0.2, 0.25) is 10.3 Å². The Morgan fingerprint density at radius 1 is 1.33 bits per heavy atom. The molecule has 0 aliphatic carbocycles. The summed E-state index contributed by atoms with van der Waals surface area (Å²) >= 11 is 11.6. The van der Waals surface area contributed by atoms with Gasteiger partial charge in [0.05, 0.1) is 5.69 Å². The van der Waals surface area contributed by atoms with Gasteiger partial charge in [-0.05, 0) is 19.1 Å². The zero-order valence-corrected chi connectivity index (χ0v) is 7.76. The summed E-state index contributed by atoms with van der Waals surface area (Å²) in [6.07, 6.45) is 0. The van der Waals surface area contributed by atoms with Gasteiger partial charge in [0.1, 0.15) is 5.15 Å². The Hall–Kier alpha value is -0.800. The number of hydrogen-bond acceptors (Lipinski definition) is 2. The van der Waals surface area contributed by atoms with Gasteiger partial charge in [-0.3, -0.25) is 0 Å². The van der Waals surface area contributed by atoms with Gasteiger partial charge in [-0.1, -0.05) is 23.2 Å². The number of nitrogens with zero attached hydrogens (tertiary/aromatic N) is 3. The standard InChI is InChI=1S/C7H5Cl2N3/c1-4-7(9)12-6(10-4)3-2-5(8)11-12/h2-3H,1H3. The van der Waals surface area contributed by atoms with Gasteiger partial charge < -0.3 is 0 Å². The van der Waals surface area contributed by atoms with Crippen molar-refractivity contribution in [3.05, 3.63) is 28.1 Å². The van der Waals surface area contributed by atoms with Crippen molar-refractivity contribution in [3.8, 4) is 0 Å². The molecule has 0 spiro atoms. The SMILES string of the molecule is Cc1nc2ccc(Cl)nn2c1Cl. The van der Waals surface area contributed by atoms with E-state index in [1.165, 1.54) is 4.52 Å². The third-order valence-electron chi connectivity index (χ3n) is 1.55. The molecule has 0 atom stereocenters. The number of rotatable bonds is 0. The first-order valence-corrected chi connectivity index (χ1v) is 4.11. The van der Waals surface area contributed by atoms with Crippen LogP contribution in [0.3, 0.4) is 0 Å². The Morgan fingerprint density at radius 3 is 2.83 bits per heavy atom. The number of hydrogen-bond donors (Lipinski definition) is 0. The van der Waals surface area contributed by atoms with E-state index in [1.807, 2.05) is 6.92 Å². The minimum atomic E-state index is 0.404. The van der Waals surface area contributed by atoms with E-state index in [0.717, 1.165) is 5.69 Å². The molecule has 0 saturated heterocycles. The number of halogens is 2. The lowest BCUT2D eigenvalue weighted by molar-refractivity contribution is 0.936. The minimum absolute atomic E-state index is 0.404. The van der Waals surface area contributed by atoms with Crippen molar-refractivity contribution in [2.45, 2.75) is 6.92 Å². The van der Waals surface area contributed by atoms with Crippen LogP contribution in [0.5, 0.6) is 0 Å². The number of aryl methyl sites for hydroxylation is 1. The normalized spacial score (nSPS) is 10.9. The first-order chi connectivity index (χ1) is 5.68. The van der Waals surface area contributed by atoms with Crippen molar-refractivity contribution < 1.29 is 0 Å². The molecule has 0 aliphatic heterocycles. The van der Waals surface area contributed by atoms with E-state index in [2.05, 4.69) is 10.1 Å². The van der Waals surface area contributed by atoms with Crippen LogP contribution < -0.4 is 0 Å². The molecule has 2 heterocycles. The molecule has 0 bridgehead atoms. The molecule has 0 aromatic carbocycles. The maximum Gasteiger partial charge on any atom is 0.155 e. The largest absolute Gasteiger partial charge is 0.231 e. The number of imidazole rings is 1. The maximum atomic E-state index is 5.89. The van der Waals surface area contributed by atoms with E-state index in [0.29, 0.717) is 16.0 Å². The van der Waals surface area contributed by atoms with Crippen LogP contribution in [-0.4, -0.2) is 14.6 Å². The van der Waals surface area contributed by atoms with Crippen molar-refractivity contribution in [2.24, 2.45) is 0 Å². The lowest BCUT2D eigenvalue weighted by Gasteiger charge is -1.92. The molecule has 0 N–H and O–H groups in total. The summed E-state index contributed by atoms with van der Waals surface area (Å²) in [6, 6.07) is 3.45. The average Bonchev–Trinajstić information content (AvgIpc) is 2.31. The van der Waals surface area contributed by atoms with Gasteiger partial charge in [0.2, 0.25) is 0 Å². The fraction of sp³-hybridized carbons (Fsp3) is 0.143. The molecule has 3 nitrogen and oxygen atoms in total. The fourth-order valence-corrected chi connectivity index (χ4v) is 1.30. The summed E-state index contributed by atoms with van der Waals surface area (Å²) in [7, 11) is 0. The Kier molecular flexibility index (Phi) is 1.70. The Balaban J connectivity index is 2.88. The Bertz CT molecular complexity index is 435. The van der Waals surface area contributed by atoms with Gasteiger partial charge >= 0.3 is 0 Å². The van der Waals surface area contributed by atoms with Crippen LogP contribution in [-0.2, 0) is 0 Å². The molecule has 0 fully saturated rings. The highest BCUT2D eigenvalue weighted by Crippen LogP contribution is 2.17. The highest BCUT2D eigenvalue weighted by atomic mass is 35.5. The summed E-state index contributed by atoms with van der Waals surface area (Å²) in [6.45, 7) is 1.82. The fourth-order valence-electron chi connectivity index (χ4n) is 0.994. The minimum Gasteiger partial charge on any atom is -0.231 e.